The van der Waals surface area contributed by atoms with Crippen LogP contribution in [0.2, 0.25) is 0 Å². The van der Waals surface area contributed by atoms with E-state index in [-0.39, 0.29) is 5.92 Å². The van der Waals surface area contributed by atoms with E-state index >= 15 is 0 Å². The van der Waals surface area contributed by atoms with Crippen molar-refractivity contribution in [3.63, 3.8) is 0 Å². The summed E-state index contributed by atoms with van der Waals surface area (Å²) in [5.41, 5.74) is 1.08. The number of rotatable bonds is 4. The van der Waals surface area contributed by atoms with Crippen LogP contribution in [0.15, 0.2) is 12.5 Å². The molecule has 1 heterocycles. The number of aryl methyl sites for hydroxylation is 2. The normalized spacial score (nSPS) is 12.8. The molecule has 0 radical (unpaired) electrons. The SMILES string of the molecule is CC(CCc1cncn1C)C(=O)O. The van der Waals surface area contributed by atoms with Crippen LogP contribution in [0.25, 0.3) is 0 Å². The Hall–Kier alpha value is -1.32. The summed E-state index contributed by atoms with van der Waals surface area (Å²) in [6, 6.07) is 0. The second-order valence-electron chi connectivity index (χ2n) is 3.27. The fraction of sp³-hybridized carbons (Fsp3) is 0.556. The predicted molar refractivity (Wildman–Crippen MR) is 48.3 cm³/mol. The third-order valence-corrected chi connectivity index (χ3v) is 2.17. The Morgan fingerprint density at radius 1 is 1.77 bits per heavy atom. The molecule has 0 aliphatic rings. The molecular formula is C9H14N2O2. The third-order valence-electron chi connectivity index (χ3n) is 2.17. The second-order valence-corrected chi connectivity index (χ2v) is 3.27. The quantitative estimate of drug-likeness (QED) is 0.757. The molecule has 1 aromatic heterocycles. The molecule has 0 amide bonds. The van der Waals surface area contributed by atoms with Crippen LogP contribution in [0.5, 0.6) is 0 Å². The molecule has 1 N–H and O–H groups in total. The van der Waals surface area contributed by atoms with Crippen molar-refractivity contribution >= 4 is 5.97 Å². The van der Waals surface area contributed by atoms with Crippen LogP contribution in [0.1, 0.15) is 19.0 Å². The first kappa shape index (κ1) is 9.77. The molecule has 0 saturated carbocycles. The van der Waals surface area contributed by atoms with E-state index in [1.165, 1.54) is 0 Å². The van der Waals surface area contributed by atoms with Crippen LogP contribution in [0.4, 0.5) is 0 Å². The van der Waals surface area contributed by atoms with E-state index in [2.05, 4.69) is 4.98 Å². The van der Waals surface area contributed by atoms with Crippen molar-refractivity contribution in [2.45, 2.75) is 19.8 Å². The summed E-state index contributed by atoms with van der Waals surface area (Å²) in [6.45, 7) is 1.72. The number of imidazole rings is 1. The maximum atomic E-state index is 10.5. The number of carboxylic acids is 1. The molecule has 4 nitrogen and oxygen atoms in total. The fourth-order valence-electron chi connectivity index (χ4n) is 1.11. The van der Waals surface area contributed by atoms with E-state index < -0.39 is 5.97 Å². The molecule has 0 aromatic carbocycles. The topological polar surface area (TPSA) is 55.1 Å². The Morgan fingerprint density at radius 2 is 2.46 bits per heavy atom. The second kappa shape index (κ2) is 4.07. The van der Waals surface area contributed by atoms with Crippen molar-refractivity contribution in [1.82, 2.24) is 9.55 Å². The first-order chi connectivity index (χ1) is 6.11. The van der Waals surface area contributed by atoms with Gasteiger partial charge < -0.3 is 9.67 Å². The van der Waals surface area contributed by atoms with Gasteiger partial charge in [0.2, 0.25) is 0 Å². The molecule has 4 heteroatoms. The highest BCUT2D eigenvalue weighted by Gasteiger charge is 2.11. The van der Waals surface area contributed by atoms with Gasteiger partial charge in [-0.3, -0.25) is 4.79 Å². The number of aromatic nitrogens is 2. The Balaban J connectivity index is 2.44. The molecular weight excluding hydrogens is 168 g/mol. The van der Waals surface area contributed by atoms with Crippen molar-refractivity contribution in [1.29, 1.82) is 0 Å². The minimum absolute atomic E-state index is 0.283. The van der Waals surface area contributed by atoms with Gasteiger partial charge in [0, 0.05) is 18.9 Å². The molecule has 0 fully saturated rings. The van der Waals surface area contributed by atoms with Gasteiger partial charge in [-0.05, 0) is 12.8 Å². The summed E-state index contributed by atoms with van der Waals surface area (Å²) in [5.74, 6) is -1.02. The number of hydrogen-bond donors (Lipinski definition) is 1. The minimum Gasteiger partial charge on any atom is -0.481 e. The number of carboxylic acid groups (broad SMARTS) is 1. The molecule has 0 bridgehead atoms. The molecule has 0 saturated heterocycles. The monoisotopic (exact) mass is 182 g/mol. The average Bonchev–Trinajstić information content (AvgIpc) is 2.47. The van der Waals surface area contributed by atoms with Gasteiger partial charge in [-0.15, -0.1) is 0 Å². The molecule has 13 heavy (non-hydrogen) atoms. The molecule has 1 aromatic rings. The van der Waals surface area contributed by atoms with E-state index in [1.54, 1.807) is 19.4 Å². The predicted octanol–water partition coefficient (Wildman–Crippen LogP) is 1.07. The van der Waals surface area contributed by atoms with Crippen LogP contribution >= 0.6 is 0 Å². The molecule has 1 atom stereocenters. The first-order valence-corrected chi connectivity index (χ1v) is 4.29. The summed E-state index contributed by atoms with van der Waals surface area (Å²) in [7, 11) is 1.91. The maximum Gasteiger partial charge on any atom is 0.306 e. The molecule has 0 aliphatic carbocycles. The van der Waals surface area contributed by atoms with Crippen LogP contribution in [-0.2, 0) is 18.3 Å². The average molecular weight is 182 g/mol. The summed E-state index contributed by atoms with van der Waals surface area (Å²) in [4.78, 5) is 14.5. The van der Waals surface area contributed by atoms with E-state index in [4.69, 9.17) is 5.11 Å². The Bertz CT molecular complexity index is 294. The van der Waals surface area contributed by atoms with Crippen LogP contribution in [0, 0.1) is 5.92 Å². The lowest BCUT2D eigenvalue weighted by atomic mass is 10.1. The highest BCUT2D eigenvalue weighted by molar-refractivity contribution is 5.69. The van der Waals surface area contributed by atoms with E-state index in [0.29, 0.717) is 6.42 Å². The van der Waals surface area contributed by atoms with Crippen LogP contribution in [-0.4, -0.2) is 20.6 Å². The van der Waals surface area contributed by atoms with E-state index in [1.807, 2.05) is 11.6 Å². The van der Waals surface area contributed by atoms with Gasteiger partial charge in [-0.1, -0.05) is 6.92 Å². The molecule has 1 unspecified atom stereocenters. The van der Waals surface area contributed by atoms with Gasteiger partial charge in [-0.2, -0.15) is 0 Å². The van der Waals surface area contributed by atoms with Crippen LogP contribution in [0.3, 0.4) is 0 Å². The van der Waals surface area contributed by atoms with Gasteiger partial charge in [0.1, 0.15) is 0 Å². The largest absolute Gasteiger partial charge is 0.481 e. The molecule has 1 rings (SSSR count). The van der Waals surface area contributed by atoms with Crippen LogP contribution < -0.4 is 0 Å². The van der Waals surface area contributed by atoms with E-state index in [0.717, 1.165) is 12.1 Å². The standard InChI is InChI=1S/C9H14N2O2/c1-7(9(12)13)3-4-8-5-10-6-11(8)2/h5-7H,3-4H2,1-2H3,(H,12,13). The lowest BCUT2D eigenvalue weighted by molar-refractivity contribution is -0.141. The number of nitrogens with zero attached hydrogens (tertiary/aromatic N) is 2. The lowest BCUT2D eigenvalue weighted by Crippen LogP contribution is -2.11. The molecule has 0 spiro atoms. The number of aliphatic carboxylic acids is 1. The van der Waals surface area contributed by atoms with Gasteiger partial charge in [-0.25, -0.2) is 4.98 Å². The van der Waals surface area contributed by atoms with Gasteiger partial charge in [0.25, 0.3) is 0 Å². The zero-order chi connectivity index (χ0) is 9.84. The van der Waals surface area contributed by atoms with Crippen molar-refractivity contribution < 1.29 is 9.90 Å². The van der Waals surface area contributed by atoms with Gasteiger partial charge in [0.05, 0.1) is 12.2 Å². The summed E-state index contributed by atoms with van der Waals surface area (Å²) in [5, 5.41) is 8.66. The summed E-state index contributed by atoms with van der Waals surface area (Å²) < 4.78 is 1.91. The Labute approximate surface area is 77.2 Å². The zero-order valence-corrected chi connectivity index (χ0v) is 7.90. The smallest absolute Gasteiger partial charge is 0.306 e. The highest BCUT2D eigenvalue weighted by atomic mass is 16.4. The Morgan fingerprint density at radius 3 is 2.92 bits per heavy atom. The van der Waals surface area contributed by atoms with E-state index in [9.17, 15) is 4.79 Å². The number of carbonyl (C=O) groups is 1. The van der Waals surface area contributed by atoms with Crippen molar-refractivity contribution in [3.8, 4) is 0 Å². The van der Waals surface area contributed by atoms with Crippen molar-refractivity contribution in [2.75, 3.05) is 0 Å². The van der Waals surface area contributed by atoms with Gasteiger partial charge in [0.15, 0.2) is 0 Å². The van der Waals surface area contributed by atoms with Crippen molar-refractivity contribution in [2.24, 2.45) is 13.0 Å². The zero-order valence-electron chi connectivity index (χ0n) is 7.90. The third kappa shape index (κ3) is 2.57. The van der Waals surface area contributed by atoms with Crippen molar-refractivity contribution in [3.05, 3.63) is 18.2 Å². The molecule has 72 valence electrons. The highest BCUT2D eigenvalue weighted by Crippen LogP contribution is 2.08. The minimum atomic E-state index is -0.734. The fourth-order valence-corrected chi connectivity index (χ4v) is 1.11. The Kier molecular flexibility index (Phi) is 3.06. The summed E-state index contributed by atoms with van der Waals surface area (Å²) >= 11 is 0. The summed E-state index contributed by atoms with van der Waals surface area (Å²) in [6.07, 6.45) is 4.92. The first-order valence-electron chi connectivity index (χ1n) is 4.29. The molecule has 0 aliphatic heterocycles. The number of hydrogen-bond acceptors (Lipinski definition) is 2. The van der Waals surface area contributed by atoms with Gasteiger partial charge >= 0.3 is 5.97 Å². The maximum absolute atomic E-state index is 10.5. The lowest BCUT2D eigenvalue weighted by Gasteiger charge is -2.05.